The highest BCUT2D eigenvalue weighted by molar-refractivity contribution is 7.09. The maximum absolute atomic E-state index is 9.66. The number of phenols is 1. The average Bonchev–Trinajstić information content (AvgIpc) is 2.69. The molecule has 0 amide bonds. The fourth-order valence-electron chi connectivity index (χ4n) is 1.39. The summed E-state index contributed by atoms with van der Waals surface area (Å²) < 4.78 is 0. The molecule has 15 heavy (non-hydrogen) atoms. The van der Waals surface area contributed by atoms with Gasteiger partial charge in [0.25, 0.3) is 0 Å². The van der Waals surface area contributed by atoms with Crippen molar-refractivity contribution in [2.45, 2.75) is 13.5 Å². The molecule has 78 valence electrons. The molecule has 0 fully saturated rings. The van der Waals surface area contributed by atoms with Crippen LogP contribution in [0.5, 0.6) is 5.75 Å². The second-order valence-corrected chi connectivity index (χ2v) is 4.49. The summed E-state index contributed by atoms with van der Waals surface area (Å²) in [6.07, 6.45) is 0. The minimum Gasteiger partial charge on any atom is -0.506 e. The minimum atomic E-state index is 0.312. The van der Waals surface area contributed by atoms with Crippen LogP contribution in [-0.4, -0.2) is 5.11 Å². The summed E-state index contributed by atoms with van der Waals surface area (Å²) in [5.41, 5.74) is 1.85. The predicted octanol–water partition coefficient (Wildman–Crippen LogP) is 3.37. The molecular weight excluding hydrogens is 206 g/mol. The number of hydrogen-bond acceptors (Lipinski definition) is 3. The molecule has 2 rings (SSSR count). The third-order valence-corrected chi connectivity index (χ3v) is 3.06. The van der Waals surface area contributed by atoms with Crippen LogP contribution in [0, 0.1) is 6.92 Å². The number of nitrogens with one attached hydrogen (secondary N) is 1. The van der Waals surface area contributed by atoms with Crippen molar-refractivity contribution in [1.82, 2.24) is 0 Å². The van der Waals surface area contributed by atoms with Crippen LogP contribution < -0.4 is 5.32 Å². The first-order chi connectivity index (χ1) is 7.25. The number of rotatable bonds is 3. The zero-order chi connectivity index (χ0) is 10.7. The van der Waals surface area contributed by atoms with Crippen LogP contribution in [0.1, 0.15) is 10.4 Å². The largest absolute Gasteiger partial charge is 0.506 e. The van der Waals surface area contributed by atoms with Gasteiger partial charge in [-0.3, -0.25) is 0 Å². The van der Waals surface area contributed by atoms with Gasteiger partial charge in [-0.2, -0.15) is 0 Å². The van der Waals surface area contributed by atoms with Crippen molar-refractivity contribution < 1.29 is 5.11 Å². The Morgan fingerprint density at radius 3 is 2.87 bits per heavy atom. The lowest BCUT2D eigenvalue weighted by atomic mass is 10.2. The van der Waals surface area contributed by atoms with Gasteiger partial charge < -0.3 is 10.4 Å². The second-order valence-electron chi connectivity index (χ2n) is 3.45. The van der Waals surface area contributed by atoms with Crippen LogP contribution in [-0.2, 0) is 6.54 Å². The normalized spacial score (nSPS) is 10.2. The third-order valence-electron chi connectivity index (χ3n) is 2.19. The van der Waals surface area contributed by atoms with Crippen LogP contribution in [0.4, 0.5) is 5.69 Å². The topological polar surface area (TPSA) is 32.3 Å². The Labute approximate surface area is 93.2 Å². The van der Waals surface area contributed by atoms with Gasteiger partial charge in [0.05, 0.1) is 5.69 Å². The SMILES string of the molecule is Cc1ccc(NCc2cccs2)c(O)c1. The van der Waals surface area contributed by atoms with Crippen LogP contribution >= 0.6 is 11.3 Å². The lowest BCUT2D eigenvalue weighted by Crippen LogP contribution is -1.97. The molecule has 2 aromatic rings. The van der Waals surface area contributed by atoms with E-state index >= 15 is 0 Å². The molecule has 0 aliphatic heterocycles. The number of benzene rings is 1. The number of phenolic OH excluding ortho intramolecular Hbond substituents is 1. The summed E-state index contributed by atoms with van der Waals surface area (Å²) in [5, 5.41) is 14.9. The number of hydrogen-bond donors (Lipinski definition) is 2. The summed E-state index contributed by atoms with van der Waals surface area (Å²) in [6, 6.07) is 9.74. The molecule has 0 spiro atoms. The third kappa shape index (κ3) is 2.50. The molecule has 0 bridgehead atoms. The quantitative estimate of drug-likeness (QED) is 0.776. The Balaban J connectivity index is 2.05. The Kier molecular flexibility index (Phi) is 2.92. The summed E-state index contributed by atoms with van der Waals surface area (Å²) in [6.45, 7) is 2.72. The lowest BCUT2D eigenvalue weighted by Gasteiger charge is -2.07. The molecule has 1 aromatic heterocycles. The minimum absolute atomic E-state index is 0.312. The highest BCUT2D eigenvalue weighted by Crippen LogP contribution is 2.24. The maximum atomic E-state index is 9.66. The fourth-order valence-corrected chi connectivity index (χ4v) is 2.03. The van der Waals surface area contributed by atoms with E-state index in [1.807, 2.05) is 30.5 Å². The average molecular weight is 219 g/mol. The molecule has 2 nitrogen and oxygen atoms in total. The molecule has 1 aromatic carbocycles. The number of aromatic hydroxyl groups is 1. The number of thiophene rings is 1. The van der Waals surface area contributed by atoms with Crippen molar-refractivity contribution in [3.05, 3.63) is 46.2 Å². The van der Waals surface area contributed by atoms with Gasteiger partial charge in [0.1, 0.15) is 5.75 Å². The molecule has 0 radical (unpaired) electrons. The first kappa shape index (κ1) is 10.1. The van der Waals surface area contributed by atoms with Gasteiger partial charge in [0, 0.05) is 11.4 Å². The molecule has 2 N–H and O–H groups in total. The van der Waals surface area contributed by atoms with Crippen molar-refractivity contribution in [3.8, 4) is 5.75 Å². The van der Waals surface area contributed by atoms with E-state index in [4.69, 9.17) is 0 Å². The van der Waals surface area contributed by atoms with E-state index in [0.29, 0.717) is 5.75 Å². The van der Waals surface area contributed by atoms with Crippen molar-refractivity contribution in [2.75, 3.05) is 5.32 Å². The summed E-state index contributed by atoms with van der Waals surface area (Å²) in [4.78, 5) is 1.26. The number of aryl methyl sites for hydroxylation is 1. The number of anilines is 1. The van der Waals surface area contributed by atoms with Crippen LogP contribution in [0.3, 0.4) is 0 Å². The van der Waals surface area contributed by atoms with E-state index in [9.17, 15) is 5.11 Å². The van der Waals surface area contributed by atoms with Gasteiger partial charge in [-0.1, -0.05) is 12.1 Å². The standard InChI is InChI=1S/C12H13NOS/c1-9-4-5-11(12(14)7-9)13-8-10-3-2-6-15-10/h2-7,13-14H,8H2,1H3. The van der Waals surface area contributed by atoms with Gasteiger partial charge in [0.15, 0.2) is 0 Å². The zero-order valence-electron chi connectivity index (χ0n) is 8.53. The maximum Gasteiger partial charge on any atom is 0.138 e. The van der Waals surface area contributed by atoms with Crippen LogP contribution in [0.15, 0.2) is 35.7 Å². The fraction of sp³-hybridized carbons (Fsp3) is 0.167. The Morgan fingerprint density at radius 1 is 1.33 bits per heavy atom. The van der Waals surface area contributed by atoms with Crippen molar-refractivity contribution in [2.24, 2.45) is 0 Å². The van der Waals surface area contributed by atoms with Gasteiger partial charge >= 0.3 is 0 Å². The Hall–Kier alpha value is -1.48. The van der Waals surface area contributed by atoms with E-state index in [0.717, 1.165) is 17.8 Å². The smallest absolute Gasteiger partial charge is 0.138 e. The van der Waals surface area contributed by atoms with Gasteiger partial charge in [-0.05, 0) is 36.1 Å². The highest BCUT2D eigenvalue weighted by Gasteiger charge is 2.00. The van der Waals surface area contributed by atoms with E-state index in [-0.39, 0.29) is 0 Å². The summed E-state index contributed by atoms with van der Waals surface area (Å²) >= 11 is 1.71. The zero-order valence-corrected chi connectivity index (χ0v) is 9.34. The summed E-state index contributed by atoms with van der Waals surface area (Å²) in [5.74, 6) is 0.312. The van der Waals surface area contributed by atoms with E-state index in [1.54, 1.807) is 17.4 Å². The van der Waals surface area contributed by atoms with E-state index in [2.05, 4.69) is 11.4 Å². The molecule has 0 saturated carbocycles. The Morgan fingerprint density at radius 2 is 2.20 bits per heavy atom. The van der Waals surface area contributed by atoms with Crippen molar-refractivity contribution >= 4 is 17.0 Å². The molecule has 0 saturated heterocycles. The Bertz CT molecular complexity index is 437. The first-order valence-corrected chi connectivity index (χ1v) is 5.69. The molecule has 3 heteroatoms. The van der Waals surface area contributed by atoms with Crippen LogP contribution in [0.25, 0.3) is 0 Å². The molecular formula is C12H13NOS. The van der Waals surface area contributed by atoms with Gasteiger partial charge in [-0.25, -0.2) is 0 Å². The van der Waals surface area contributed by atoms with Crippen molar-refractivity contribution in [3.63, 3.8) is 0 Å². The van der Waals surface area contributed by atoms with Crippen LogP contribution in [0.2, 0.25) is 0 Å². The summed E-state index contributed by atoms with van der Waals surface area (Å²) in [7, 11) is 0. The lowest BCUT2D eigenvalue weighted by molar-refractivity contribution is 0.477. The van der Waals surface area contributed by atoms with Crippen molar-refractivity contribution in [1.29, 1.82) is 0 Å². The molecule has 0 unspecified atom stereocenters. The van der Waals surface area contributed by atoms with Gasteiger partial charge in [-0.15, -0.1) is 11.3 Å². The molecule has 0 aliphatic rings. The van der Waals surface area contributed by atoms with Gasteiger partial charge in [0.2, 0.25) is 0 Å². The first-order valence-electron chi connectivity index (χ1n) is 4.81. The van der Waals surface area contributed by atoms with E-state index in [1.165, 1.54) is 4.88 Å². The second kappa shape index (κ2) is 4.36. The molecule has 1 heterocycles. The van der Waals surface area contributed by atoms with E-state index < -0.39 is 0 Å². The predicted molar refractivity (Wildman–Crippen MR) is 64.5 cm³/mol. The molecule has 0 atom stereocenters. The monoisotopic (exact) mass is 219 g/mol. The highest BCUT2D eigenvalue weighted by atomic mass is 32.1. The molecule has 0 aliphatic carbocycles.